The van der Waals surface area contributed by atoms with Crippen molar-refractivity contribution < 1.29 is 0 Å². The third kappa shape index (κ3) is 4.57. The largest absolute Gasteiger partial charge is 0.310 e. The van der Waals surface area contributed by atoms with Gasteiger partial charge in [0.25, 0.3) is 0 Å². The molecule has 0 saturated heterocycles. The molecule has 0 radical (unpaired) electrons. The van der Waals surface area contributed by atoms with E-state index in [1.165, 1.54) is 66.0 Å². The minimum absolute atomic E-state index is 0.0496. The Kier molecular flexibility index (Phi) is 6.56. The van der Waals surface area contributed by atoms with E-state index < -0.39 is 0 Å². The lowest BCUT2D eigenvalue weighted by atomic mass is 9.82. The fourth-order valence-electron chi connectivity index (χ4n) is 8.48. The number of fused-ring (bicyclic) bond motifs is 8. The molecular weight excluding hydrogens is 617 g/mol. The van der Waals surface area contributed by atoms with Crippen molar-refractivity contribution in [3.8, 4) is 27.9 Å². The number of anilines is 3. The summed E-state index contributed by atoms with van der Waals surface area (Å²) in [6.45, 7) is 4.69. The van der Waals surface area contributed by atoms with Gasteiger partial charge in [-0.3, -0.25) is 0 Å². The van der Waals surface area contributed by atoms with E-state index in [1.807, 2.05) is 0 Å². The summed E-state index contributed by atoms with van der Waals surface area (Å²) in [4.78, 5) is 2.43. The van der Waals surface area contributed by atoms with Gasteiger partial charge in [-0.15, -0.1) is 0 Å². The second-order valence-corrected chi connectivity index (χ2v) is 14.2. The van der Waals surface area contributed by atoms with Crippen LogP contribution in [0.1, 0.15) is 25.0 Å². The number of para-hydroxylation sites is 2. The molecule has 9 aromatic rings. The van der Waals surface area contributed by atoms with Crippen molar-refractivity contribution >= 4 is 49.6 Å². The lowest BCUT2D eigenvalue weighted by Crippen LogP contribution is -2.15. The van der Waals surface area contributed by atoms with E-state index in [0.29, 0.717) is 0 Å². The van der Waals surface area contributed by atoms with Gasteiger partial charge in [-0.1, -0.05) is 141 Å². The van der Waals surface area contributed by atoms with Gasteiger partial charge in [-0.25, -0.2) is 0 Å². The molecule has 8 aromatic carbocycles. The maximum Gasteiger partial charge on any atom is 0.0620 e. The molecule has 1 aliphatic rings. The average molecular weight is 653 g/mol. The number of hydrogen-bond acceptors (Lipinski definition) is 1. The number of rotatable bonds is 5. The van der Waals surface area contributed by atoms with Crippen LogP contribution in [-0.4, -0.2) is 4.57 Å². The molecule has 242 valence electrons. The van der Waals surface area contributed by atoms with E-state index in [1.54, 1.807) is 0 Å². The molecule has 0 atom stereocenters. The standard InChI is InChI=1S/C49H36N2/c1-49(2)45-19-11-9-17-40(45)44-32-39(28-30-46(44)49)50(37-25-21-34(22-26-37)33-13-5-3-6-14-33)38-27-23-35-24-29-42-41-18-10-12-20-47(41)51(48(42)43(35)31-38)36-15-7-4-8-16-36/h3-32H,1-2H3. The summed E-state index contributed by atoms with van der Waals surface area (Å²) in [6.07, 6.45) is 0. The minimum Gasteiger partial charge on any atom is -0.310 e. The summed E-state index contributed by atoms with van der Waals surface area (Å²) >= 11 is 0. The third-order valence-electron chi connectivity index (χ3n) is 11.0. The van der Waals surface area contributed by atoms with Crippen LogP contribution in [0.3, 0.4) is 0 Å². The monoisotopic (exact) mass is 652 g/mol. The predicted octanol–water partition coefficient (Wildman–Crippen LogP) is 13.4. The highest BCUT2D eigenvalue weighted by molar-refractivity contribution is 6.19. The smallest absolute Gasteiger partial charge is 0.0620 e. The highest BCUT2D eigenvalue weighted by atomic mass is 15.1. The van der Waals surface area contributed by atoms with Crippen molar-refractivity contribution in [2.75, 3.05) is 4.90 Å². The van der Waals surface area contributed by atoms with Gasteiger partial charge in [0.1, 0.15) is 0 Å². The number of hydrogen-bond donors (Lipinski definition) is 0. The molecule has 0 saturated carbocycles. The topological polar surface area (TPSA) is 8.17 Å². The Morgan fingerprint density at radius 3 is 1.86 bits per heavy atom. The maximum absolute atomic E-state index is 2.43. The first-order chi connectivity index (χ1) is 25.1. The number of benzene rings is 8. The van der Waals surface area contributed by atoms with Crippen LogP contribution >= 0.6 is 0 Å². The van der Waals surface area contributed by atoms with E-state index in [4.69, 9.17) is 0 Å². The summed E-state index contributed by atoms with van der Waals surface area (Å²) in [6, 6.07) is 66.6. The molecule has 2 nitrogen and oxygen atoms in total. The molecule has 10 rings (SSSR count). The van der Waals surface area contributed by atoms with E-state index in [2.05, 4.69) is 205 Å². The van der Waals surface area contributed by atoms with E-state index >= 15 is 0 Å². The molecule has 0 N–H and O–H groups in total. The van der Waals surface area contributed by atoms with E-state index in [9.17, 15) is 0 Å². The lowest BCUT2D eigenvalue weighted by molar-refractivity contribution is 0.660. The highest BCUT2D eigenvalue weighted by Crippen LogP contribution is 2.51. The molecule has 51 heavy (non-hydrogen) atoms. The van der Waals surface area contributed by atoms with Crippen LogP contribution < -0.4 is 4.90 Å². The fourth-order valence-corrected chi connectivity index (χ4v) is 8.48. The van der Waals surface area contributed by atoms with Crippen LogP contribution in [0.2, 0.25) is 0 Å². The predicted molar refractivity (Wildman–Crippen MR) is 216 cm³/mol. The second kappa shape index (κ2) is 11.3. The molecule has 0 amide bonds. The van der Waals surface area contributed by atoms with Crippen LogP contribution in [0.5, 0.6) is 0 Å². The van der Waals surface area contributed by atoms with Crippen LogP contribution in [0.25, 0.3) is 60.5 Å². The first-order valence-corrected chi connectivity index (χ1v) is 17.8. The highest BCUT2D eigenvalue weighted by Gasteiger charge is 2.35. The summed E-state index contributed by atoms with van der Waals surface area (Å²) in [7, 11) is 0. The molecular formula is C49H36N2. The van der Waals surface area contributed by atoms with Crippen molar-refractivity contribution in [1.29, 1.82) is 0 Å². The summed E-state index contributed by atoms with van der Waals surface area (Å²) in [5.74, 6) is 0. The Labute approximate surface area is 298 Å². The zero-order valence-electron chi connectivity index (χ0n) is 28.7. The normalized spacial score (nSPS) is 13.1. The van der Waals surface area contributed by atoms with E-state index in [0.717, 1.165) is 22.7 Å². The van der Waals surface area contributed by atoms with Gasteiger partial charge < -0.3 is 9.47 Å². The van der Waals surface area contributed by atoms with Gasteiger partial charge in [0.2, 0.25) is 0 Å². The second-order valence-electron chi connectivity index (χ2n) is 14.2. The van der Waals surface area contributed by atoms with Gasteiger partial charge in [0.05, 0.1) is 11.0 Å². The Bertz CT molecular complexity index is 2750. The quantitative estimate of drug-likeness (QED) is 0.180. The third-order valence-corrected chi connectivity index (χ3v) is 11.0. The maximum atomic E-state index is 2.43. The first-order valence-electron chi connectivity index (χ1n) is 17.8. The van der Waals surface area contributed by atoms with Crippen molar-refractivity contribution in [3.05, 3.63) is 193 Å². The molecule has 2 heteroatoms. The van der Waals surface area contributed by atoms with Crippen LogP contribution in [0, 0.1) is 0 Å². The molecule has 1 aliphatic carbocycles. The fraction of sp³-hybridized carbons (Fsp3) is 0.0612. The van der Waals surface area contributed by atoms with Crippen LogP contribution in [0.15, 0.2) is 182 Å². The molecule has 1 heterocycles. The summed E-state index contributed by atoms with van der Waals surface area (Å²) in [5, 5.41) is 4.96. The van der Waals surface area contributed by atoms with Crippen molar-refractivity contribution in [2.24, 2.45) is 0 Å². The first kappa shape index (κ1) is 29.5. The van der Waals surface area contributed by atoms with Crippen LogP contribution in [-0.2, 0) is 5.41 Å². The van der Waals surface area contributed by atoms with Crippen molar-refractivity contribution in [2.45, 2.75) is 19.3 Å². The van der Waals surface area contributed by atoms with Gasteiger partial charge >= 0.3 is 0 Å². The molecule has 0 unspecified atom stereocenters. The average Bonchev–Trinajstić information content (AvgIpc) is 3.65. The number of aromatic nitrogens is 1. The molecule has 0 spiro atoms. The van der Waals surface area contributed by atoms with Gasteiger partial charge in [-0.2, -0.15) is 0 Å². The summed E-state index contributed by atoms with van der Waals surface area (Å²) in [5.41, 5.74) is 14.8. The van der Waals surface area contributed by atoms with Crippen molar-refractivity contribution in [3.63, 3.8) is 0 Å². The number of nitrogens with zero attached hydrogens (tertiary/aromatic N) is 2. The van der Waals surface area contributed by atoms with Crippen molar-refractivity contribution in [1.82, 2.24) is 4.57 Å². The Morgan fingerprint density at radius 1 is 0.431 bits per heavy atom. The van der Waals surface area contributed by atoms with Gasteiger partial charge in [0.15, 0.2) is 0 Å². The molecule has 0 bridgehead atoms. The van der Waals surface area contributed by atoms with Gasteiger partial charge in [0, 0.05) is 44.3 Å². The van der Waals surface area contributed by atoms with Gasteiger partial charge in [-0.05, 0) is 93.4 Å². The zero-order chi connectivity index (χ0) is 34.1. The molecule has 0 aliphatic heterocycles. The molecule has 1 aromatic heterocycles. The Balaban J connectivity index is 1.22. The zero-order valence-corrected chi connectivity index (χ0v) is 28.7. The lowest BCUT2D eigenvalue weighted by Gasteiger charge is -2.28. The molecule has 0 fully saturated rings. The van der Waals surface area contributed by atoms with Crippen LogP contribution in [0.4, 0.5) is 17.1 Å². The Hall–Kier alpha value is -6.38. The Morgan fingerprint density at radius 2 is 1.04 bits per heavy atom. The minimum atomic E-state index is -0.0496. The SMILES string of the molecule is CC1(C)c2ccccc2-c2cc(N(c3ccc(-c4ccccc4)cc3)c3ccc4ccc5c6ccccc6n(-c6ccccc6)c5c4c3)ccc21. The summed E-state index contributed by atoms with van der Waals surface area (Å²) < 4.78 is 2.43. The van der Waals surface area contributed by atoms with E-state index in [-0.39, 0.29) is 5.41 Å².